The molecule has 0 aromatic rings. The molecule has 3 N–H and O–H groups in total. The zero-order valence-electron chi connectivity index (χ0n) is 7.01. The van der Waals surface area contributed by atoms with E-state index in [9.17, 15) is 0 Å². The summed E-state index contributed by atoms with van der Waals surface area (Å²) in [6.07, 6.45) is 6.05. The maximum absolute atomic E-state index is 5.64. The van der Waals surface area contributed by atoms with Crippen LogP contribution in [-0.4, -0.2) is 0 Å². The van der Waals surface area contributed by atoms with Gasteiger partial charge in [-0.25, -0.2) is 0 Å². The molecule has 0 saturated heterocycles. The van der Waals surface area contributed by atoms with Gasteiger partial charge >= 0.3 is 0 Å². The topological polar surface area (TPSA) is 38.0 Å². The first-order chi connectivity index (χ1) is 5.20. The van der Waals surface area contributed by atoms with E-state index >= 15 is 0 Å². The molecule has 62 valence electrons. The highest BCUT2D eigenvalue weighted by Crippen LogP contribution is 2.06. The Balaban J connectivity index is 3.74. The van der Waals surface area contributed by atoms with Gasteiger partial charge in [0.1, 0.15) is 0 Å². The van der Waals surface area contributed by atoms with Gasteiger partial charge in [-0.2, -0.15) is 0 Å². The van der Waals surface area contributed by atoms with E-state index in [1.54, 1.807) is 12.4 Å². The van der Waals surface area contributed by atoms with Crippen molar-refractivity contribution in [3.8, 4) is 0 Å². The monoisotopic (exact) mass is 152 g/mol. The zero-order chi connectivity index (χ0) is 8.69. The van der Waals surface area contributed by atoms with Gasteiger partial charge in [-0.1, -0.05) is 19.6 Å². The summed E-state index contributed by atoms with van der Waals surface area (Å²) >= 11 is 0. The molecule has 1 atom stereocenters. The first kappa shape index (κ1) is 9.82. The number of hydrogen-bond acceptors (Lipinski definition) is 2. The van der Waals surface area contributed by atoms with Crippen LogP contribution in [0.3, 0.4) is 0 Å². The Bertz CT molecular complexity index is 159. The molecule has 0 spiro atoms. The molecule has 2 heteroatoms. The normalized spacial score (nSPS) is 13.7. The van der Waals surface area contributed by atoms with Crippen molar-refractivity contribution < 1.29 is 0 Å². The molecular formula is C9H16N2. The molecule has 0 fully saturated rings. The van der Waals surface area contributed by atoms with Crippen LogP contribution in [0.2, 0.25) is 0 Å². The van der Waals surface area contributed by atoms with E-state index in [2.05, 4.69) is 25.4 Å². The fourth-order valence-electron chi connectivity index (χ4n) is 0.680. The number of allylic oxidation sites excluding steroid dienone is 2. The molecule has 0 aromatic carbocycles. The van der Waals surface area contributed by atoms with Crippen LogP contribution in [0.4, 0.5) is 0 Å². The minimum Gasteiger partial charge on any atom is -0.401 e. The van der Waals surface area contributed by atoms with Gasteiger partial charge in [0.05, 0.1) is 0 Å². The maximum Gasteiger partial charge on any atom is 0.0249 e. The quantitative estimate of drug-likeness (QED) is 0.589. The molecule has 0 aromatic heterocycles. The van der Waals surface area contributed by atoms with Gasteiger partial charge in [0, 0.05) is 11.9 Å². The lowest BCUT2D eigenvalue weighted by Crippen LogP contribution is -2.06. The standard InChI is InChI=1S/C9H16N2/c1-4-8(3)6-9(10)7-11-5-2/h4-5,7-8,11H,1-2,6,10H2,3H3/b9-7-/t8-/m1/s1. The van der Waals surface area contributed by atoms with Crippen LogP contribution in [0.5, 0.6) is 0 Å². The molecule has 0 unspecified atom stereocenters. The van der Waals surface area contributed by atoms with Crippen molar-refractivity contribution in [2.24, 2.45) is 11.7 Å². The average molecular weight is 152 g/mol. The summed E-state index contributed by atoms with van der Waals surface area (Å²) in [5, 5.41) is 2.82. The second-order valence-corrected chi connectivity index (χ2v) is 2.51. The highest BCUT2D eigenvalue weighted by Gasteiger charge is 1.96. The molecule has 0 bridgehead atoms. The van der Waals surface area contributed by atoms with Gasteiger partial charge in [0.25, 0.3) is 0 Å². The van der Waals surface area contributed by atoms with Crippen LogP contribution in [-0.2, 0) is 0 Å². The van der Waals surface area contributed by atoms with Crippen molar-refractivity contribution >= 4 is 0 Å². The van der Waals surface area contributed by atoms with Crippen LogP contribution in [0.25, 0.3) is 0 Å². The molecule has 0 rings (SSSR count). The van der Waals surface area contributed by atoms with Crippen LogP contribution >= 0.6 is 0 Å². The van der Waals surface area contributed by atoms with Crippen molar-refractivity contribution in [3.63, 3.8) is 0 Å². The Kier molecular flexibility index (Phi) is 4.99. The second-order valence-electron chi connectivity index (χ2n) is 2.51. The Morgan fingerprint density at radius 3 is 2.73 bits per heavy atom. The van der Waals surface area contributed by atoms with E-state index in [1.165, 1.54) is 0 Å². The van der Waals surface area contributed by atoms with Crippen molar-refractivity contribution in [1.29, 1.82) is 0 Å². The van der Waals surface area contributed by atoms with Crippen LogP contribution < -0.4 is 11.1 Å². The van der Waals surface area contributed by atoms with Crippen molar-refractivity contribution in [3.05, 3.63) is 37.3 Å². The third-order valence-corrected chi connectivity index (χ3v) is 1.35. The van der Waals surface area contributed by atoms with E-state index in [0.29, 0.717) is 5.92 Å². The lowest BCUT2D eigenvalue weighted by molar-refractivity contribution is 0.708. The summed E-state index contributed by atoms with van der Waals surface area (Å²) in [4.78, 5) is 0. The first-order valence-corrected chi connectivity index (χ1v) is 3.64. The maximum atomic E-state index is 5.64. The zero-order valence-corrected chi connectivity index (χ0v) is 7.01. The van der Waals surface area contributed by atoms with E-state index in [1.807, 2.05) is 6.08 Å². The molecule has 2 nitrogen and oxygen atoms in total. The summed E-state index contributed by atoms with van der Waals surface area (Å²) in [7, 11) is 0. The van der Waals surface area contributed by atoms with Gasteiger partial charge in [-0.05, 0) is 18.5 Å². The SMILES string of the molecule is C=CN/C=C(\N)C[C@H](C)C=C. The van der Waals surface area contributed by atoms with E-state index in [0.717, 1.165) is 12.1 Å². The number of nitrogens with one attached hydrogen (secondary N) is 1. The van der Waals surface area contributed by atoms with E-state index < -0.39 is 0 Å². The number of nitrogens with two attached hydrogens (primary N) is 1. The Labute approximate surface area is 68.5 Å². The molecule has 0 radical (unpaired) electrons. The summed E-state index contributed by atoms with van der Waals surface area (Å²) in [5.41, 5.74) is 6.46. The van der Waals surface area contributed by atoms with Gasteiger partial charge in [-0.15, -0.1) is 6.58 Å². The smallest absolute Gasteiger partial charge is 0.0249 e. The molecular weight excluding hydrogens is 136 g/mol. The largest absolute Gasteiger partial charge is 0.401 e. The average Bonchev–Trinajstić information content (AvgIpc) is 2.00. The Morgan fingerprint density at radius 1 is 1.64 bits per heavy atom. The van der Waals surface area contributed by atoms with Crippen LogP contribution in [0, 0.1) is 5.92 Å². The summed E-state index contributed by atoms with van der Waals surface area (Å²) in [6, 6.07) is 0. The second kappa shape index (κ2) is 5.59. The van der Waals surface area contributed by atoms with Crippen LogP contribution in [0.15, 0.2) is 37.3 Å². The van der Waals surface area contributed by atoms with Crippen LogP contribution in [0.1, 0.15) is 13.3 Å². The van der Waals surface area contributed by atoms with Gasteiger partial charge in [0.2, 0.25) is 0 Å². The minimum absolute atomic E-state index is 0.429. The Hall–Kier alpha value is -1.18. The van der Waals surface area contributed by atoms with E-state index in [-0.39, 0.29) is 0 Å². The molecule has 11 heavy (non-hydrogen) atoms. The summed E-state index contributed by atoms with van der Waals surface area (Å²) in [6.45, 7) is 9.24. The molecule has 0 amide bonds. The number of hydrogen-bond donors (Lipinski definition) is 2. The number of rotatable bonds is 5. The lowest BCUT2D eigenvalue weighted by atomic mass is 10.1. The molecule has 0 aliphatic heterocycles. The third-order valence-electron chi connectivity index (χ3n) is 1.35. The van der Waals surface area contributed by atoms with Crippen molar-refractivity contribution in [1.82, 2.24) is 5.32 Å². The van der Waals surface area contributed by atoms with E-state index in [4.69, 9.17) is 5.73 Å². The fourth-order valence-corrected chi connectivity index (χ4v) is 0.680. The highest BCUT2D eigenvalue weighted by molar-refractivity contribution is 4.99. The van der Waals surface area contributed by atoms with Gasteiger partial charge < -0.3 is 11.1 Å². The Morgan fingerprint density at radius 2 is 2.27 bits per heavy atom. The highest BCUT2D eigenvalue weighted by atomic mass is 14.8. The summed E-state index contributed by atoms with van der Waals surface area (Å²) < 4.78 is 0. The van der Waals surface area contributed by atoms with Gasteiger partial charge in [0.15, 0.2) is 0 Å². The predicted octanol–water partition coefficient (Wildman–Crippen LogP) is 1.73. The molecule has 0 aliphatic rings. The minimum atomic E-state index is 0.429. The predicted molar refractivity (Wildman–Crippen MR) is 49.6 cm³/mol. The van der Waals surface area contributed by atoms with Gasteiger partial charge in [-0.3, -0.25) is 0 Å². The lowest BCUT2D eigenvalue weighted by Gasteiger charge is -2.04. The molecule has 0 heterocycles. The first-order valence-electron chi connectivity index (χ1n) is 3.64. The molecule has 0 aliphatic carbocycles. The van der Waals surface area contributed by atoms with Crippen molar-refractivity contribution in [2.75, 3.05) is 0 Å². The fraction of sp³-hybridized carbons (Fsp3) is 0.333. The molecule has 0 saturated carbocycles. The van der Waals surface area contributed by atoms with Crippen molar-refractivity contribution in [2.45, 2.75) is 13.3 Å². The summed E-state index contributed by atoms with van der Waals surface area (Å²) in [5.74, 6) is 0.429. The third kappa shape index (κ3) is 5.27.